The summed E-state index contributed by atoms with van der Waals surface area (Å²) >= 11 is 7.22. The molecule has 2 heterocycles. The van der Waals surface area contributed by atoms with Crippen molar-refractivity contribution in [2.75, 3.05) is 66.8 Å². The van der Waals surface area contributed by atoms with Crippen LogP contribution in [0, 0.1) is 0 Å². The molecule has 2 aromatic rings. The van der Waals surface area contributed by atoms with Gasteiger partial charge in [-0.1, -0.05) is 37.6 Å². The van der Waals surface area contributed by atoms with Gasteiger partial charge in [0.2, 0.25) is 5.69 Å². The first-order valence-electron chi connectivity index (χ1n) is 17.0. The zero-order chi connectivity index (χ0) is 35.5. The van der Waals surface area contributed by atoms with Crippen molar-refractivity contribution < 1.29 is 33.4 Å². The van der Waals surface area contributed by atoms with Crippen LogP contribution in [0.2, 0.25) is 0 Å². The highest BCUT2D eigenvalue weighted by molar-refractivity contribution is 6.32. The number of rotatable bonds is 13. The lowest BCUT2D eigenvalue weighted by Crippen LogP contribution is -2.29. The van der Waals surface area contributed by atoms with E-state index in [0.717, 1.165) is 69.4 Å². The van der Waals surface area contributed by atoms with E-state index in [0.29, 0.717) is 37.8 Å². The van der Waals surface area contributed by atoms with E-state index < -0.39 is 0 Å². The Bertz CT molecular complexity index is 1730. The molecule has 0 amide bonds. The fourth-order valence-electron chi connectivity index (χ4n) is 7.46. The maximum Gasteiger partial charge on any atom is 0.213 e. The normalized spacial score (nSPS) is 19.8. The molecule has 0 saturated heterocycles. The highest BCUT2D eigenvalue weighted by Gasteiger charge is 2.45. The summed E-state index contributed by atoms with van der Waals surface area (Å²) in [6.45, 7) is 11.4. The summed E-state index contributed by atoms with van der Waals surface area (Å²) in [5.41, 5.74) is 9.24. The third-order valence-corrected chi connectivity index (χ3v) is 10.7. The van der Waals surface area contributed by atoms with Gasteiger partial charge in [0, 0.05) is 59.8 Å². The van der Waals surface area contributed by atoms with Crippen LogP contribution in [0.1, 0.15) is 63.6 Å². The summed E-state index contributed by atoms with van der Waals surface area (Å²) in [4.78, 5) is 2.30. The summed E-state index contributed by atoms with van der Waals surface area (Å²) in [5.74, 6) is 2.12. The van der Waals surface area contributed by atoms with Gasteiger partial charge >= 0.3 is 0 Å². The van der Waals surface area contributed by atoms with Gasteiger partial charge in [-0.25, -0.2) is 0 Å². The van der Waals surface area contributed by atoms with E-state index in [1.165, 1.54) is 11.3 Å². The lowest BCUT2D eigenvalue weighted by molar-refractivity contribution is -0.441. The number of hydrogen-bond acceptors (Lipinski definition) is 7. The fourth-order valence-corrected chi connectivity index (χ4v) is 7.78. The minimum atomic E-state index is -0.300. The maximum absolute atomic E-state index is 10.1. The van der Waals surface area contributed by atoms with Crippen molar-refractivity contribution in [1.82, 2.24) is 0 Å². The van der Waals surface area contributed by atoms with Crippen molar-refractivity contribution >= 4 is 28.7 Å². The molecule has 3 aliphatic rings. The van der Waals surface area contributed by atoms with Gasteiger partial charge < -0.3 is 33.7 Å². The lowest BCUT2D eigenvalue weighted by Gasteiger charge is -2.27. The molecule has 0 saturated carbocycles. The van der Waals surface area contributed by atoms with Crippen LogP contribution in [0.5, 0.6) is 17.2 Å². The number of aliphatic hydroxyl groups excluding tert-OH is 1. The summed E-state index contributed by atoms with van der Waals surface area (Å²) in [5, 5.41) is 10.9. The monoisotopic (exact) mass is 691 g/mol. The topological polar surface area (TPSA) is 72.6 Å². The van der Waals surface area contributed by atoms with Gasteiger partial charge in [0.05, 0.1) is 46.0 Å². The third-order valence-electron chi connectivity index (χ3n) is 10.2. The molecule has 0 spiro atoms. The third kappa shape index (κ3) is 6.81. The van der Waals surface area contributed by atoms with E-state index in [-0.39, 0.29) is 17.4 Å². The number of anilines is 1. The summed E-state index contributed by atoms with van der Waals surface area (Å²) < 4.78 is 30.3. The second-order valence-corrected chi connectivity index (χ2v) is 14.1. The number of halogens is 1. The molecule has 2 aliphatic heterocycles. The van der Waals surface area contributed by atoms with Crippen LogP contribution in [-0.2, 0) is 26.9 Å². The molecule has 9 heteroatoms. The first-order chi connectivity index (χ1) is 23.5. The molecule has 0 bridgehead atoms. The molecule has 0 unspecified atom stereocenters. The Kier molecular flexibility index (Phi) is 11.3. The molecule has 264 valence electrons. The fraction of sp³-hybridized carbons (Fsp3) is 0.475. The zero-order valence-electron chi connectivity index (χ0n) is 30.5. The Morgan fingerprint density at radius 1 is 0.816 bits per heavy atom. The van der Waals surface area contributed by atoms with Crippen molar-refractivity contribution in [2.24, 2.45) is 0 Å². The number of fused-ring (bicyclic) bond motifs is 2. The summed E-state index contributed by atoms with van der Waals surface area (Å²) in [6, 6.07) is 8.26. The van der Waals surface area contributed by atoms with Crippen molar-refractivity contribution in [1.29, 1.82) is 0 Å². The van der Waals surface area contributed by atoms with Crippen LogP contribution < -0.4 is 19.1 Å². The van der Waals surface area contributed by atoms with Crippen LogP contribution in [0.15, 0.2) is 70.4 Å². The van der Waals surface area contributed by atoms with Crippen molar-refractivity contribution in [2.45, 2.75) is 64.4 Å². The average Bonchev–Trinajstić information content (AvgIpc) is 3.43. The minimum Gasteiger partial charge on any atom is -0.496 e. The highest BCUT2D eigenvalue weighted by atomic mass is 35.5. The molecular weight excluding hydrogens is 640 g/mol. The number of aliphatic hydroxyl groups is 1. The predicted molar refractivity (Wildman–Crippen MR) is 197 cm³/mol. The smallest absolute Gasteiger partial charge is 0.213 e. The quantitative estimate of drug-likeness (QED) is 0.216. The Balaban J connectivity index is 1.53. The van der Waals surface area contributed by atoms with Gasteiger partial charge in [-0.05, 0) is 74.1 Å². The number of ether oxygens (including phenoxy) is 5. The summed E-state index contributed by atoms with van der Waals surface area (Å²) in [6.07, 6.45) is 11.6. The first-order valence-corrected chi connectivity index (χ1v) is 17.3. The van der Waals surface area contributed by atoms with Gasteiger partial charge in [-0.2, -0.15) is 4.58 Å². The zero-order valence-corrected chi connectivity index (χ0v) is 31.3. The number of nitrogens with zero attached hydrogens (tertiary/aromatic N) is 2. The van der Waals surface area contributed by atoms with E-state index in [2.05, 4.69) is 79.7 Å². The van der Waals surface area contributed by atoms with Crippen molar-refractivity contribution in [3.63, 3.8) is 0 Å². The number of allylic oxidation sites excluding steroid dienone is 8. The molecule has 0 radical (unpaired) electrons. The SMILES string of the molecule is COCCN1/C(=C\C=C2/CCCC(/C=C/C3=[N+](CCOC)c4cc(OC)c(OC)cc4C3(C)C)=C2Cl)C(C)(C)c2cc(OC)c(CO)cc21. The van der Waals surface area contributed by atoms with E-state index in [4.69, 9.17) is 35.3 Å². The van der Waals surface area contributed by atoms with Crippen LogP contribution >= 0.6 is 11.6 Å². The van der Waals surface area contributed by atoms with Crippen LogP contribution in [0.3, 0.4) is 0 Å². The van der Waals surface area contributed by atoms with Crippen LogP contribution in [-0.4, -0.2) is 77.2 Å². The van der Waals surface area contributed by atoms with Gasteiger partial charge in [-0.15, -0.1) is 0 Å². The summed E-state index contributed by atoms with van der Waals surface area (Å²) in [7, 11) is 8.43. The van der Waals surface area contributed by atoms with Gasteiger partial charge in [0.1, 0.15) is 12.4 Å². The van der Waals surface area contributed by atoms with Crippen LogP contribution in [0.4, 0.5) is 11.4 Å². The largest absolute Gasteiger partial charge is 0.496 e. The predicted octanol–water partition coefficient (Wildman–Crippen LogP) is 7.71. The number of hydrogen-bond donors (Lipinski definition) is 1. The molecule has 1 aliphatic carbocycles. The molecule has 2 aromatic carbocycles. The van der Waals surface area contributed by atoms with E-state index in [9.17, 15) is 5.11 Å². The molecule has 5 rings (SSSR count). The van der Waals surface area contributed by atoms with Crippen LogP contribution in [0.25, 0.3) is 0 Å². The Hall–Kier alpha value is -3.56. The first kappa shape index (κ1) is 36.7. The maximum atomic E-state index is 10.1. The minimum absolute atomic E-state index is 0.0935. The van der Waals surface area contributed by atoms with Crippen molar-refractivity contribution in [3.05, 3.63) is 87.1 Å². The second kappa shape index (κ2) is 15.1. The molecule has 1 N–H and O–H groups in total. The molecular formula is C40H52ClN2O6+. The van der Waals surface area contributed by atoms with Gasteiger partial charge in [0.15, 0.2) is 23.8 Å². The average molecular weight is 692 g/mol. The molecule has 0 aromatic heterocycles. The van der Waals surface area contributed by atoms with Gasteiger partial charge in [0.25, 0.3) is 0 Å². The molecule has 0 fully saturated rings. The molecule has 0 atom stereocenters. The van der Waals surface area contributed by atoms with Gasteiger partial charge in [-0.3, -0.25) is 0 Å². The van der Waals surface area contributed by atoms with E-state index in [1.807, 2.05) is 6.07 Å². The molecule has 49 heavy (non-hydrogen) atoms. The number of methoxy groups -OCH3 is 5. The standard InChI is InChI=1S/C40H52ClN2O6/c1-39(2)29-22-33(47-7)28(25-44)21-31(29)42(17-19-45-5)36(39)15-13-26-11-10-12-27(38(26)41)14-16-37-40(3,4)30-23-34(48-8)35(49-9)24-32(30)43(37)18-20-46-6/h13-16,21-24,44H,10-12,17-20,25H2,1-9H3/q+1. The highest BCUT2D eigenvalue weighted by Crippen LogP contribution is 2.50. The second-order valence-electron chi connectivity index (χ2n) is 13.8. The lowest BCUT2D eigenvalue weighted by atomic mass is 9.81. The van der Waals surface area contributed by atoms with E-state index >= 15 is 0 Å². The number of benzene rings is 2. The Morgan fingerprint density at radius 3 is 2.14 bits per heavy atom. The van der Waals surface area contributed by atoms with E-state index in [1.54, 1.807) is 35.5 Å². The Morgan fingerprint density at radius 2 is 1.49 bits per heavy atom. The molecule has 8 nitrogen and oxygen atoms in total. The Labute approximate surface area is 296 Å². The van der Waals surface area contributed by atoms with Crippen molar-refractivity contribution in [3.8, 4) is 17.2 Å².